The second-order valence-corrected chi connectivity index (χ2v) is 6.27. The number of carbonyl (C=O) groups excluding carboxylic acids is 1. The standard InChI is InChI=1S/C18H13N9O5/c19-16-17(24-32-23-16)26-15(11-4-6-12(7-5-11)27(30)31)14(21-25-26)18(29)22-20-9-10-2-1-3-13(28)8-10/h1-9,28H,(H2,19,23)(H,22,29)/b20-9-. The fourth-order valence-corrected chi connectivity index (χ4v) is 2.74. The number of carbonyl (C=O) groups is 1. The van der Waals surface area contributed by atoms with Crippen LogP contribution in [0.25, 0.3) is 17.1 Å². The Bertz CT molecular complexity index is 1330. The largest absolute Gasteiger partial charge is 0.508 e. The minimum atomic E-state index is -0.726. The maximum atomic E-state index is 12.7. The molecular weight excluding hydrogens is 422 g/mol. The number of aromatic nitrogens is 5. The number of nitrogens with two attached hydrogens (primary N) is 1. The van der Waals surface area contributed by atoms with Gasteiger partial charge in [0.1, 0.15) is 11.4 Å². The van der Waals surface area contributed by atoms with Gasteiger partial charge in [-0.05, 0) is 40.1 Å². The number of non-ortho nitro benzene ring substituents is 1. The number of hydrazone groups is 1. The summed E-state index contributed by atoms with van der Waals surface area (Å²) in [6, 6.07) is 11.6. The molecule has 1 amide bonds. The molecule has 0 atom stereocenters. The Balaban J connectivity index is 1.70. The lowest BCUT2D eigenvalue weighted by Gasteiger charge is -2.05. The SMILES string of the molecule is Nc1nonc1-n1nnc(C(=O)N/N=C\c2cccc(O)c2)c1-c1ccc([N+](=O)[O-])cc1. The first-order valence-electron chi connectivity index (χ1n) is 8.85. The molecule has 32 heavy (non-hydrogen) atoms. The van der Waals surface area contributed by atoms with Gasteiger partial charge in [0.05, 0.1) is 11.1 Å². The van der Waals surface area contributed by atoms with Crippen LogP contribution in [0.2, 0.25) is 0 Å². The second kappa shape index (κ2) is 8.31. The Morgan fingerprint density at radius 3 is 2.69 bits per heavy atom. The molecule has 0 radical (unpaired) electrons. The maximum absolute atomic E-state index is 12.7. The number of anilines is 1. The first kappa shape index (κ1) is 20.1. The molecule has 0 aliphatic carbocycles. The van der Waals surface area contributed by atoms with Gasteiger partial charge in [0, 0.05) is 17.7 Å². The first-order chi connectivity index (χ1) is 15.4. The van der Waals surface area contributed by atoms with Crippen molar-refractivity contribution in [3.05, 3.63) is 69.9 Å². The summed E-state index contributed by atoms with van der Waals surface area (Å²) in [5.74, 6) is -0.807. The lowest BCUT2D eigenvalue weighted by atomic mass is 10.1. The first-order valence-corrected chi connectivity index (χ1v) is 8.85. The third-order valence-corrected chi connectivity index (χ3v) is 4.18. The highest BCUT2D eigenvalue weighted by atomic mass is 16.6. The van der Waals surface area contributed by atoms with Crippen LogP contribution in [0.4, 0.5) is 11.5 Å². The van der Waals surface area contributed by atoms with E-state index in [1.54, 1.807) is 12.1 Å². The van der Waals surface area contributed by atoms with E-state index in [1.165, 1.54) is 42.6 Å². The predicted octanol–water partition coefficient (Wildman–Crippen LogP) is 1.28. The van der Waals surface area contributed by atoms with Crippen molar-refractivity contribution >= 4 is 23.6 Å². The molecule has 2 aromatic heterocycles. The molecule has 0 bridgehead atoms. The summed E-state index contributed by atoms with van der Waals surface area (Å²) < 4.78 is 5.71. The molecule has 4 aromatic rings. The van der Waals surface area contributed by atoms with E-state index in [2.05, 4.69) is 35.8 Å². The molecule has 4 rings (SSSR count). The van der Waals surface area contributed by atoms with Crippen molar-refractivity contribution < 1.29 is 19.5 Å². The van der Waals surface area contributed by atoms with Crippen molar-refractivity contribution in [2.24, 2.45) is 5.10 Å². The summed E-state index contributed by atoms with van der Waals surface area (Å²) in [5.41, 5.74) is 8.80. The van der Waals surface area contributed by atoms with Gasteiger partial charge in [0.15, 0.2) is 5.69 Å². The van der Waals surface area contributed by atoms with Crippen molar-refractivity contribution in [3.8, 4) is 22.8 Å². The van der Waals surface area contributed by atoms with E-state index in [4.69, 9.17) is 5.73 Å². The lowest BCUT2D eigenvalue weighted by molar-refractivity contribution is -0.384. The highest BCUT2D eigenvalue weighted by Crippen LogP contribution is 2.28. The summed E-state index contributed by atoms with van der Waals surface area (Å²) in [5, 5.41) is 39.2. The average Bonchev–Trinajstić information content (AvgIpc) is 3.39. The molecule has 160 valence electrons. The summed E-state index contributed by atoms with van der Waals surface area (Å²) in [6.45, 7) is 0. The molecule has 0 spiro atoms. The zero-order valence-electron chi connectivity index (χ0n) is 16.0. The van der Waals surface area contributed by atoms with Crippen LogP contribution in [-0.4, -0.2) is 47.5 Å². The number of hydrogen-bond acceptors (Lipinski definition) is 11. The number of amides is 1. The number of hydrogen-bond donors (Lipinski definition) is 3. The number of phenols is 1. The van der Waals surface area contributed by atoms with Crippen LogP contribution in [0.3, 0.4) is 0 Å². The van der Waals surface area contributed by atoms with Gasteiger partial charge >= 0.3 is 0 Å². The molecular formula is C18H13N9O5. The monoisotopic (exact) mass is 435 g/mol. The average molecular weight is 435 g/mol. The van der Waals surface area contributed by atoms with E-state index < -0.39 is 10.8 Å². The Morgan fingerprint density at radius 1 is 1.25 bits per heavy atom. The molecule has 0 aliphatic rings. The van der Waals surface area contributed by atoms with Gasteiger partial charge in [-0.15, -0.1) is 5.10 Å². The van der Waals surface area contributed by atoms with Crippen LogP contribution in [0.5, 0.6) is 5.75 Å². The minimum absolute atomic E-state index is 0.0202. The molecule has 14 nitrogen and oxygen atoms in total. The van der Waals surface area contributed by atoms with Gasteiger partial charge in [0.25, 0.3) is 11.6 Å². The molecule has 14 heteroatoms. The van der Waals surface area contributed by atoms with Crippen molar-refractivity contribution in [1.29, 1.82) is 0 Å². The summed E-state index contributed by atoms with van der Waals surface area (Å²) >= 11 is 0. The quantitative estimate of drug-likeness (QED) is 0.225. The number of nitrogens with one attached hydrogen (secondary N) is 1. The molecule has 0 aliphatic heterocycles. The zero-order valence-corrected chi connectivity index (χ0v) is 16.0. The van der Waals surface area contributed by atoms with Gasteiger partial charge in [0.2, 0.25) is 11.6 Å². The van der Waals surface area contributed by atoms with E-state index in [1.807, 2.05) is 0 Å². The topological polar surface area (TPSA) is 200 Å². The molecule has 4 N–H and O–H groups in total. The Morgan fingerprint density at radius 2 is 2.03 bits per heavy atom. The molecule has 2 aromatic carbocycles. The van der Waals surface area contributed by atoms with Crippen molar-refractivity contribution in [2.75, 3.05) is 5.73 Å². The van der Waals surface area contributed by atoms with Crippen LogP contribution in [0, 0.1) is 10.1 Å². The van der Waals surface area contributed by atoms with Crippen molar-refractivity contribution in [1.82, 2.24) is 30.7 Å². The number of nitro benzene ring substituents is 1. The number of aromatic hydroxyl groups is 1. The fraction of sp³-hybridized carbons (Fsp3) is 0. The van der Waals surface area contributed by atoms with E-state index in [0.29, 0.717) is 11.1 Å². The third kappa shape index (κ3) is 3.95. The molecule has 0 unspecified atom stereocenters. The minimum Gasteiger partial charge on any atom is -0.508 e. The normalized spacial score (nSPS) is 11.0. The van der Waals surface area contributed by atoms with Crippen LogP contribution in [0.1, 0.15) is 16.1 Å². The van der Waals surface area contributed by atoms with E-state index in [9.17, 15) is 20.0 Å². The smallest absolute Gasteiger partial charge is 0.294 e. The number of nitrogen functional groups attached to an aromatic ring is 1. The highest BCUT2D eigenvalue weighted by molar-refractivity contribution is 5.98. The van der Waals surface area contributed by atoms with Gasteiger partial charge in [-0.3, -0.25) is 14.9 Å². The number of phenolic OH excluding ortho intramolecular Hbond substituents is 1. The van der Waals surface area contributed by atoms with E-state index in [0.717, 1.165) is 4.68 Å². The maximum Gasteiger partial charge on any atom is 0.294 e. The second-order valence-electron chi connectivity index (χ2n) is 6.27. The number of rotatable bonds is 6. The van der Waals surface area contributed by atoms with Gasteiger partial charge in [-0.2, -0.15) is 9.78 Å². The van der Waals surface area contributed by atoms with E-state index >= 15 is 0 Å². The Hall–Kier alpha value is -5.14. The molecule has 0 fully saturated rings. The number of benzene rings is 2. The number of nitro groups is 1. The van der Waals surface area contributed by atoms with E-state index in [-0.39, 0.29) is 34.5 Å². The summed E-state index contributed by atoms with van der Waals surface area (Å²) in [6.07, 6.45) is 1.33. The fourth-order valence-electron chi connectivity index (χ4n) is 2.74. The number of nitrogens with zero attached hydrogens (tertiary/aromatic N) is 7. The summed E-state index contributed by atoms with van der Waals surface area (Å²) in [7, 11) is 0. The van der Waals surface area contributed by atoms with Crippen molar-refractivity contribution in [2.45, 2.75) is 0 Å². The van der Waals surface area contributed by atoms with Gasteiger partial charge < -0.3 is 10.8 Å². The van der Waals surface area contributed by atoms with Gasteiger partial charge in [-0.25, -0.2) is 10.1 Å². The zero-order chi connectivity index (χ0) is 22.7. The van der Waals surface area contributed by atoms with Crippen LogP contribution in [-0.2, 0) is 0 Å². The highest BCUT2D eigenvalue weighted by Gasteiger charge is 2.25. The lowest BCUT2D eigenvalue weighted by Crippen LogP contribution is -2.19. The van der Waals surface area contributed by atoms with Gasteiger partial charge in [-0.1, -0.05) is 17.3 Å². The molecule has 2 heterocycles. The summed E-state index contributed by atoms with van der Waals surface area (Å²) in [4.78, 5) is 23.2. The van der Waals surface area contributed by atoms with Crippen LogP contribution in [0.15, 0.2) is 58.3 Å². The molecule has 0 saturated heterocycles. The van der Waals surface area contributed by atoms with Crippen LogP contribution >= 0.6 is 0 Å². The third-order valence-electron chi connectivity index (χ3n) is 4.18. The van der Waals surface area contributed by atoms with Crippen molar-refractivity contribution in [3.63, 3.8) is 0 Å². The van der Waals surface area contributed by atoms with Crippen LogP contribution < -0.4 is 11.2 Å². The predicted molar refractivity (Wildman–Crippen MR) is 109 cm³/mol. The molecule has 0 saturated carbocycles. The Kier molecular flexibility index (Phi) is 5.23. The Labute approximate surface area is 178 Å².